The summed E-state index contributed by atoms with van der Waals surface area (Å²) in [4.78, 5) is 12.4. The van der Waals surface area contributed by atoms with Crippen LogP contribution in [0.4, 0.5) is 5.82 Å². The second-order valence-corrected chi connectivity index (χ2v) is 3.18. The van der Waals surface area contributed by atoms with Crippen LogP contribution in [0.15, 0.2) is 17.8 Å². The Labute approximate surface area is 84.6 Å². The molecule has 1 heterocycles. The number of hydrogen-bond acceptors (Lipinski definition) is 3. The van der Waals surface area contributed by atoms with E-state index in [-0.39, 0.29) is 0 Å². The SMILES string of the molecule is C=Cc1nc(C(C)CC)cnc1N=C. The molecule has 0 fully saturated rings. The van der Waals surface area contributed by atoms with Crippen molar-refractivity contribution in [2.24, 2.45) is 4.99 Å². The molecule has 0 saturated carbocycles. The highest BCUT2D eigenvalue weighted by Crippen LogP contribution is 2.20. The summed E-state index contributed by atoms with van der Waals surface area (Å²) in [6.07, 6.45) is 4.46. The van der Waals surface area contributed by atoms with Crippen molar-refractivity contribution in [1.82, 2.24) is 9.97 Å². The molecule has 0 bridgehead atoms. The zero-order valence-electron chi connectivity index (χ0n) is 8.70. The predicted octanol–water partition coefficient (Wildman–Crippen LogP) is 2.97. The molecular weight excluding hydrogens is 174 g/mol. The Hall–Kier alpha value is -1.51. The normalized spacial score (nSPS) is 12.1. The van der Waals surface area contributed by atoms with Gasteiger partial charge in [0.05, 0.1) is 11.9 Å². The molecule has 14 heavy (non-hydrogen) atoms. The fourth-order valence-electron chi connectivity index (χ4n) is 1.12. The summed E-state index contributed by atoms with van der Waals surface area (Å²) in [7, 11) is 0. The van der Waals surface area contributed by atoms with E-state index in [2.05, 4.69) is 42.1 Å². The molecule has 0 radical (unpaired) electrons. The molecule has 1 atom stereocenters. The third kappa shape index (κ3) is 2.05. The summed E-state index contributed by atoms with van der Waals surface area (Å²) in [6, 6.07) is 0. The molecule has 0 N–H and O–H groups in total. The van der Waals surface area contributed by atoms with Gasteiger partial charge in [-0.1, -0.05) is 20.4 Å². The first kappa shape index (κ1) is 10.6. The smallest absolute Gasteiger partial charge is 0.177 e. The van der Waals surface area contributed by atoms with Crippen LogP contribution in [0.3, 0.4) is 0 Å². The molecule has 3 heteroatoms. The van der Waals surface area contributed by atoms with E-state index in [0.29, 0.717) is 17.4 Å². The maximum absolute atomic E-state index is 4.42. The van der Waals surface area contributed by atoms with E-state index < -0.39 is 0 Å². The van der Waals surface area contributed by atoms with Gasteiger partial charge in [-0.05, 0) is 25.1 Å². The molecule has 3 nitrogen and oxygen atoms in total. The third-order valence-electron chi connectivity index (χ3n) is 2.26. The first-order valence-electron chi connectivity index (χ1n) is 4.69. The van der Waals surface area contributed by atoms with Gasteiger partial charge >= 0.3 is 0 Å². The Morgan fingerprint density at radius 3 is 2.86 bits per heavy atom. The fraction of sp³-hybridized carbons (Fsp3) is 0.364. The van der Waals surface area contributed by atoms with Gasteiger partial charge in [0.2, 0.25) is 0 Å². The van der Waals surface area contributed by atoms with Crippen LogP contribution < -0.4 is 0 Å². The number of aromatic nitrogens is 2. The van der Waals surface area contributed by atoms with Crippen LogP contribution in [0.25, 0.3) is 6.08 Å². The average Bonchev–Trinajstić information content (AvgIpc) is 2.26. The highest BCUT2D eigenvalue weighted by molar-refractivity contribution is 5.57. The zero-order valence-corrected chi connectivity index (χ0v) is 8.70. The van der Waals surface area contributed by atoms with E-state index in [1.165, 1.54) is 0 Å². The topological polar surface area (TPSA) is 38.1 Å². The minimum absolute atomic E-state index is 0.417. The van der Waals surface area contributed by atoms with E-state index in [4.69, 9.17) is 0 Å². The molecule has 0 aliphatic carbocycles. The highest BCUT2D eigenvalue weighted by Gasteiger charge is 2.07. The van der Waals surface area contributed by atoms with Crippen LogP contribution in [0.1, 0.15) is 37.6 Å². The molecule has 1 unspecified atom stereocenters. The molecule has 0 aliphatic rings. The standard InChI is InChI=1S/C11H15N3/c1-5-8(3)10-7-13-11(12-4)9(6-2)14-10/h6-8H,2,4-5H2,1,3H3. The van der Waals surface area contributed by atoms with Crippen molar-refractivity contribution in [3.63, 3.8) is 0 Å². The van der Waals surface area contributed by atoms with Gasteiger partial charge in [0.15, 0.2) is 5.82 Å². The van der Waals surface area contributed by atoms with Crippen molar-refractivity contribution < 1.29 is 0 Å². The zero-order chi connectivity index (χ0) is 10.6. The maximum Gasteiger partial charge on any atom is 0.177 e. The van der Waals surface area contributed by atoms with E-state index in [1.807, 2.05) is 0 Å². The van der Waals surface area contributed by atoms with E-state index >= 15 is 0 Å². The van der Waals surface area contributed by atoms with Crippen molar-refractivity contribution in [2.45, 2.75) is 26.2 Å². The molecule has 0 spiro atoms. The van der Waals surface area contributed by atoms with Crippen molar-refractivity contribution in [1.29, 1.82) is 0 Å². The van der Waals surface area contributed by atoms with Crippen LogP contribution in [0.5, 0.6) is 0 Å². The van der Waals surface area contributed by atoms with Crippen LogP contribution >= 0.6 is 0 Å². The summed E-state index contributed by atoms with van der Waals surface area (Å²) >= 11 is 0. The summed E-state index contributed by atoms with van der Waals surface area (Å²) in [5.41, 5.74) is 1.69. The summed E-state index contributed by atoms with van der Waals surface area (Å²) in [5, 5.41) is 0. The van der Waals surface area contributed by atoms with Gasteiger partial charge in [0.25, 0.3) is 0 Å². The molecule has 0 saturated heterocycles. The quantitative estimate of drug-likeness (QED) is 0.683. The van der Waals surface area contributed by atoms with Crippen molar-refractivity contribution >= 4 is 18.6 Å². The summed E-state index contributed by atoms with van der Waals surface area (Å²) < 4.78 is 0. The number of rotatable bonds is 4. The third-order valence-corrected chi connectivity index (χ3v) is 2.26. The van der Waals surface area contributed by atoms with Crippen molar-refractivity contribution in [3.05, 3.63) is 24.2 Å². The lowest BCUT2D eigenvalue weighted by Crippen LogP contribution is -1.98. The molecule has 0 amide bonds. The van der Waals surface area contributed by atoms with Gasteiger partial charge in [-0.15, -0.1) is 0 Å². The Kier molecular flexibility index (Phi) is 3.51. The van der Waals surface area contributed by atoms with Gasteiger partial charge in [-0.3, -0.25) is 0 Å². The predicted molar refractivity (Wildman–Crippen MR) is 60.0 cm³/mol. The summed E-state index contributed by atoms with van der Waals surface area (Å²) in [5.74, 6) is 0.965. The second kappa shape index (κ2) is 4.65. The highest BCUT2D eigenvalue weighted by atomic mass is 14.9. The largest absolute Gasteiger partial charge is 0.248 e. The number of hydrogen-bond donors (Lipinski definition) is 0. The molecule has 1 aromatic rings. The Morgan fingerprint density at radius 1 is 1.64 bits per heavy atom. The lowest BCUT2D eigenvalue weighted by molar-refractivity contribution is 0.702. The monoisotopic (exact) mass is 189 g/mol. The van der Waals surface area contributed by atoms with Crippen LogP contribution in [-0.2, 0) is 0 Å². The second-order valence-electron chi connectivity index (χ2n) is 3.18. The van der Waals surface area contributed by atoms with Crippen LogP contribution in [-0.4, -0.2) is 16.7 Å². The molecule has 1 rings (SSSR count). The fourth-order valence-corrected chi connectivity index (χ4v) is 1.12. The Morgan fingerprint density at radius 2 is 2.36 bits per heavy atom. The Bertz CT molecular complexity index is 344. The molecule has 0 aliphatic heterocycles. The van der Waals surface area contributed by atoms with Gasteiger partial charge in [0, 0.05) is 0 Å². The Balaban J connectivity index is 3.13. The molecule has 1 aromatic heterocycles. The summed E-state index contributed by atoms with van der Waals surface area (Å²) in [6.45, 7) is 11.4. The first-order valence-corrected chi connectivity index (χ1v) is 4.69. The van der Waals surface area contributed by atoms with E-state index in [9.17, 15) is 0 Å². The van der Waals surface area contributed by atoms with Crippen molar-refractivity contribution in [3.8, 4) is 0 Å². The van der Waals surface area contributed by atoms with Crippen LogP contribution in [0.2, 0.25) is 0 Å². The van der Waals surface area contributed by atoms with Gasteiger partial charge < -0.3 is 0 Å². The van der Waals surface area contributed by atoms with Gasteiger partial charge in [-0.2, -0.15) is 0 Å². The molecular formula is C11H15N3. The minimum atomic E-state index is 0.417. The van der Waals surface area contributed by atoms with E-state index in [0.717, 1.165) is 12.1 Å². The maximum atomic E-state index is 4.42. The van der Waals surface area contributed by atoms with Crippen LogP contribution in [0, 0.1) is 0 Å². The number of aliphatic imine (C=N–C) groups is 1. The van der Waals surface area contributed by atoms with Gasteiger partial charge in [-0.25, -0.2) is 15.0 Å². The molecule has 0 aromatic carbocycles. The minimum Gasteiger partial charge on any atom is -0.248 e. The average molecular weight is 189 g/mol. The number of nitrogens with zero attached hydrogens (tertiary/aromatic N) is 3. The van der Waals surface area contributed by atoms with Crippen molar-refractivity contribution in [2.75, 3.05) is 0 Å². The lowest BCUT2D eigenvalue weighted by Gasteiger charge is -2.08. The first-order chi connectivity index (χ1) is 6.72. The lowest BCUT2D eigenvalue weighted by atomic mass is 10.1. The molecule has 74 valence electrons. The van der Waals surface area contributed by atoms with Gasteiger partial charge in [0.1, 0.15) is 5.69 Å². The van der Waals surface area contributed by atoms with E-state index in [1.54, 1.807) is 12.3 Å².